The molecule has 2 aromatic rings. The maximum Gasteiger partial charge on any atom is 0.136 e. The maximum absolute atomic E-state index is 10.2. The summed E-state index contributed by atoms with van der Waals surface area (Å²) < 4.78 is 6.98. The van der Waals surface area contributed by atoms with Crippen LogP contribution in [0.2, 0.25) is 0 Å². The van der Waals surface area contributed by atoms with Crippen molar-refractivity contribution in [2.45, 2.75) is 25.6 Å². The summed E-state index contributed by atoms with van der Waals surface area (Å²) in [5.41, 5.74) is 2.10. The van der Waals surface area contributed by atoms with Crippen LogP contribution in [0.5, 0.6) is 5.75 Å². The van der Waals surface area contributed by atoms with Crippen molar-refractivity contribution in [2.24, 2.45) is 0 Å². The highest BCUT2D eigenvalue weighted by Crippen LogP contribution is 2.43. The van der Waals surface area contributed by atoms with Gasteiger partial charge in [-0.3, -0.25) is 0 Å². The Balaban J connectivity index is 1.97. The number of fused-ring (bicyclic) bond motifs is 1. The molecule has 1 aliphatic heterocycles. The second kappa shape index (κ2) is 4.68. The fourth-order valence-corrected chi connectivity index (χ4v) is 3.64. The number of aliphatic hydroxyl groups is 1. The van der Waals surface area contributed by atoms with E-state index in [1.807, 2.05) is 18.2 Å². The minimum Gasteiger partial charge on any atom is -0.484 e. The van der Waals surface area contributed by atoms with Crippen LogP contribution in [0.15, 0.2) is 34.1 Å². The number of halogens is 1. The average molecular weight is 325 g/mol. The molecule has 0 aliphatic carbocycles. The first-order chi connectivity index (χ1) is 8.65. The average Bonchev–Trinajstić information content (AvgIpc) is 2.76. The van der Waals surface area contributed by atoms with Crippen LogP contribution >= 0.6 is 27.3 Å². The lowest BCUT2D eigenvalue weighted by atomic mass is 9.97. The van der Waals surface area contributed by atoms with E-state index in [4.69, 9.17) is 4.74 Å². The van der Waals surface area contributed by atoms with Crippen molar-refractivity contribution in [3.05, 3.63) is 50.1 Å². The third-order valence-corrected chi connectivity index (χ3v) is 4.84. The molecular formula is C14H13BrO2S. The van der Waals surface area contributed by atoms with Crippen LogP contribution in [0, 0.1) is 6.92 Å². The van der Waals surface area contributed by atoms with Crippen molar-refractivity contribution in [3.63, 3.8) is 0 Å². The van der Waals surface area contributed by atoms with Crippen molar-refractivity contribution in [3.8, 4) is 5.75 Å². The second-order valence-corrected chi connectivity index (χ2v) is 6.37. The molecule has 2 atom stereocenters. The third-order valence-electron chi connectivity index (χ3n) is 3.23. The van der Waals surface area contributed by atoms with E-state index in [2.05, 4.69) is 34.3 Å². The number of hydrogen-bond donors (Lipinski definition) is 1. The lowest BCUT2D eigenvalue weighted by Gasteiger charge is -2.29. The number of benzene rings is 1. The Labute approximate surface area is 118 Å². The van der Waals surface area contributed by atoms with E-state index < -0.39 is 6.10 Å². The fourth-order valence-electron chi connectivity index (χ4n) is 2.29. The summed E-state index contributed by atoms with van der Waals surface area (Å²) >= 11 is 5.11. The summed E-state index contributed by atoms with van der Waals surface area (Å²) in [6.45, 7) is 2.08. The van der Waals surface area contributed by atoms with Crippen LogP contribution in [-0.4, -0.2) is 5.11 Å². The second-order valence-electron chi connectivity index (χ2n) is 4.51. The van der Waals surface area contributed by atoms with Gasteiger partial charge in [0.1, 0.15) is 11.9 Å². The molecule has 1 N–H and O–H groups in total. The van der Waals surface area contributed by atoms with Gasteiger partial charge in [-0.2, -0.15) is 0 Å². The van der Waals surface area contributed by atoms with E-state index in [0.717, 1.165) is 15.8 Å². The molecule has 1 aromatic heterocycles. The Kier molecular flexibility index (Phi) is 3.18. The molecule has 2 unspecified atom stereocenters. The van der Waals surface area contributed by atoms with Crippen LogP contribution in [-0.2, 0) is 0 Å². The monoisotopic (exact) mass is 324 g/mol. The van der Waals surface area contributed by atoms with Crippen LogP contribution < -0.4 is 4.74 Å². The highest BCUT2D eigenvalue weighted by molar-refractivity contribution is 9.10. The summed E-state index contributed by atoms with van der Waals surface area (Å²) in [5, 5.41) is 12.3. The number of aliphatic hydroxyl groups excluding tert-OH is 1. The largest absolute Gasteiger partial charge is 0.484 e. The van der Waals surface area contributed by atoms with Gasteiger partial charge in [0.2, 0.25) is 0 Å². The smallest absolute Gasteiger partial charge is 0.136 e. The molecule has 2 nitrogen and oxygen atoms in total. The molecule has 0 amide bonds. The highest BCUT2D eigenvalue weighted by atomic mass is 79.9. The molecule has 0 saturated carbocycles. The summed E-state index contributed by atoms with van der Waals surface area (Å²) in [5.74, 6) is 0.787. The number of hydrogen-bond acceptors (Lipinski definition) is 3. The van der Waals surface area contributed by atoms with Crippen LogP contribution in [0.1, 0.15) is 34.6 Å². The molecule has 0 fully saturated rings. The van der Waals surface area contributed by atoms with E-state index >= 15 is 0 Å². The first kappa shape index (κ1) is 12.2. The van der Waals surface area contributed by atoms with Crippen molar-refractivity contribution in [1.29, 1.82) is 0 Å². The predicted octanol–water partition coefficient (Wildman–Crippen LogP) is 4.38. The maximum atomic E-state index is 10.2. The lowest BCUT2D eigenvalue weighted by molar-refractivity contribution is 0.0671. The van der Waals surface area contributed by atoms with Gasteiger partial charge in [-0.15, -0.1) is 11.3 Å². The Bertz CT molecular complexity index is 579. The summed E-state index contributed by atoms with van der Waals surface area (Å²) in [4.78, 5) is 1.21. The summed E-state index contributed by atoms with van der Waals surface area (Å²) in [7, 11) is 0. The molecule has 0 radical (unpaired) electrons. The fraction of sp³-hybridized carbons (Fsp3) is 0.286. The van der Waals surface area contributed by atoms with Crippen LogP contribution in [0.3, 0.4) is 0 Å². The Morgan fingerprint density at radius 1 is 1.39 bits per heavy atom. The first-order valence-electron chi connectivity index (χ1n) is 5.83. The zero-order chi connectivity index (χ0) is 12.7. The van der Waals surface area contributed by atoms with E-state index in [0.29, 0.717) is 6.42 Å². The number of rotatable bonds is 1. The molecular weight excluding hydrogens is 312 g/mol. The number of ether oxygens (including phenoxy) is 1. The quantitative estimate of drug-likeness (QED) is 0.843. The molecule has 94 valence electrons. The molecule has 0 bridgehead atoms. The van der Waals surface area contributed by atoms with Gasteiger partial charge in [-0.05, 0) is 42.1 Å². The lowest BCUT2D eigenvalue weighted by Crippen LogP contribution is -2.18. The molecule has 3 rings (SSSR count). The van der Waals surface area contributed by atoms with Gasteiger partial charge in [0.15, 0.2) is 0 Å². The molecule has 1 aliphatic rings. The third kappa shape index (κ3) is 2.09. The van der Waals surface area contributed by atoms with Crippen molar-refractivity contribution in [2.75, 3.05) is 0 Å². The van der Waals surface area contributed by atoms with E-state index in [1.54, 1.807) is 11.3 Å². The first-order valence-corrected chi connectivity index (χ1v) is 7.50. The highest BCUT2D eigenvalue weighted by Gasteiger charge is 2.29. The van der Waals surface area contributed by atoms with Gasteiger partial charge < -0.3 is 9.84 Å². The van der Waals surface area contributed by atoms with E-state index in [1.165, 1.54) is 10.4 Å². The van der Waals surface area contributed by atoms with E-state index in [9.17, 15) is 5.11 Å². The van der Waals surface area contributed by atoms with Gasteiger partial charge in [-0.1, -0.05) is 15.9 Å². The topological polar surface area (TPSA) is 29.5 Å². The van der Waals surface area contributed by atoms with Crippen molar-refractivity contribution >= 4 is 27.3 Å². The number of thiophene rings is 1. The van der Waals surface area contributed by atoms with E-state index in [-0.39, 0.29) is 6.10 Å². The summed E-state index contributed by atoms with van der Waals surface area (Å²) in [6, 6.07) is 7.87. The summed E-state index contributed by atoms with van der Waals surface area (Å²) in [6.07, 6.45) is 0.122. The minimum atomic E-state index is -0.460. The standard InChI is InChI=1S/C14H13BrO2S/c1-8-4-5-18-14(8)13-7-11(16)10-6-9(15)2-3-12(10)17-13/h2-6,11,13,16H,7H2,1H3. The van der Waals surface area contributed by atoms with Gasteiger partial charge >= 0.3 is 0 Å². The minimum absolute atomic E-state index is 0.0336. The van der Waals surface area contributed by atoms with Crippen molar-refractivity contribution in [1.82, 2.24) is 0 Å². The zero-order valence-corrected chi connectivity index (χ0v) is 12.3. The van der Waals surface area contributed by atoms with Crippen molar-refractivity contribution < 1.29 is 9.84 Å². The zero-order valence-electron chi connectivity index (χ0n) is 9.89. The molecule has 4 heteroatoms. The molecule has 0 spiro atoms. The van der Waals surface area contributed by atoms with Gasteiger partial charge in [0.05, 0.1) is 6.10 Å². The van der Waals surface area contributed by atoms with Gasteiger partial charge in [0, 0.05) is 21.3 Å². The van der Waals surface area contributed by atoms with Gasteiger partial charge in [0.25, 0.3) is 0 Å². The van der Waals surface area contributed by atoms with Gasteiger partial charge in [-0.25, -0.2) is 0 Å². The molecule has 2 heterocycles. The van der Waals surface area contributed by atoms with Crippen LogP contribution in [0.4, 0.5) is 0 Å². The Hall–Kier alpha value is -0.840. The Morgan fingerprint density at radius 2 is 2.22 bits per heavy atom. The molecule has 0 saturated heterocycles. The molecule has 1 aromatic carbocycles. The number of aryl methyl sites for hydroxylation is 1. The normalized spacial score (nSPS) is 22.4. The Morgan fingerprint density at radius 3 is 2.94 bits per heavy atom. The van der Waals surface area contributed by atoms with Crippen LogP contribution in [0.25, 0.3) is 0 Å². The predicted molar refractivity (Wildman–Crippen MR) is 76.1 cm³/mol. The molecule has 18 heavy (non-hydrogen) atoms. The SMILES string of the molecule is Cc1ccsc1C1CC(O)c2cc(Br)ccc2O1.